The lowest BCUT2D eigenvalue weighted by molar-refractivity contribution is 0.194. The van der Waals surface area contributed by atoms with Gasteiger partial charge < -0.3 is 10.5 Å². The van der Waals surface area contributed by atoms with Crippen LogP contribution in [0, 0.1) is 0 Å². The lowest BCUT2D eigenvalue weighted by atomic mass is 9.98. The van der Waals surface area contributed by atoms with E-state index < -0.39 is 0 Å². The van der Waals surface area contributed by atoms with Gasteiger partial charge in [-0.25, -0.2) is 0 Å². The van der Waals surface area contributed by atoms with Crippen LogP contribution in [0.5, 0.6) is 0 Å². The highest BCUT2D eigenvalue weighted by Crippen LogP contribution is 2.25. The molecule has 0 aromatic heterocycles. The van der Waals surface area contributed by atoms with Gasteiger partial charge in [-0.1, -0.05) is 12.1 Å². The molecule has 1 aromatic carbocycles. The van der Waals surface area contributed by atoms with E-state index in [1.165, 1.54) is 5.56 Å². The zero-order chi connectivity index (χ0) is 8.39. The normalized spacial score (nSPS) is 22.8. The Kier molecular flexibility index (Phi) is 2.00. The summed E-state index contributed by atoms with van der Waals surface area (Å²) in [5.41, 5.74) is 7.77. The standard InChI is InChI=1S/C10H13NO/c11-10-3-1-8(2-4-10)9-5-6-12-7-9/h1-4,9H,5-7,11H2/t9-/m0/s1. The molecule has 1 heterocycles. The summed E-state index contributed by atoms with van der Waals surface area (Å²) in [6.07, 6.45) is 1.14. The van der Waals surface area contributed by atoms with Crippen LogP contribution in [0.2, 0.25) is 0 Å². The van der Waals surface area contributed by atoms with Crippen molar-refractivity contribution in [1.82, 2.24) is 0 Å². The summed E-state index contributed by atoms with van der Waals surface area (Å²) in [6.45, 7) is 1.76. The second kappa shape index (κ2) is 3.15. The minimum Gasteiger partial charge on any atom is -0.399 e. The molecule has 0 bridgehead atoms. The summed E-state index contributed by atoms with van der Waals surface area (Å²) in [4.78, 5) is 0. The smallest absolute Gasteiger partial charge is 0.0535 e. The molecule has 1 atom stereocenters. The Labute approximate surface area is 72.3 Å². The molecule has 2 nitrogen and oxygen atoms in total. The van der Waals surface area contributed by atoms with Gasteiger partial charge in [-0.15, -0.1) is 0 Å². The van der Waals surface area contributed by atoms with Crippen molar-refractivity contribution >= 4 is 5.69 Å². The summed E-state index contributed by atoms with van der Waals surface area (Å²) in [5.74, 6) is 0.589. The van der Waals surface area contributed by atoms with E-state index in [-0.39, 0.29) is 0 Å². The van der Waals surface area contributed by atoms with Gasteiger partial charge in [0.25, 0.3) is 0 Å². The van der Waals surface area contributed by atoms with Crippen molar-refractivity contribution in [3.05, 3.63) is 29.8 Å². The molecule has 0 spiro atoms. The highest BCUT2D eigenvalue weighted by Gasteiger charge is 2.16. The highest BCUT2D eigenvalue weighted by atomic mass is 16.5. The first-order chi connectivity index (χ1) is 5.86. The van der Waals surface area contributed by atoms with Crippen molar-refractivity contribution in [3.8, 4) is 0 Å². The average molecular weight is 163 g/mol. The molecular formula is C10H13NO. The number of ether oxygens (including phenoxy) is 1. The number of hydrogen-bond donors (Lipinski definition) is 1. The molecule has 0 amide bonds. The van der Waals surface area contributed by atoms with Gasteiger partial charge in [-0.3, -0.25) is 0 Å². The van der Waals surface area contributed by atoms with Gasteiger partial charge in [0.2, 0.25) is 0 Å². The molecule has 0 aliphatic carbocycles. The van der Waals surface area contributed by atoms with Crippen molar-refractivity contribution in [2.75, 3.05) is 18.9 Å². The average Bonchev–Trinajstić information content (AvgIpc) is 2.58. The summed E-state index contributed by atoms with van der Waals surface area (Å²) in [7, 11) is 0. The predicted octanol–water partition coefficient (Wildman–Crippen LogP) is 1.77. The number of rotatable bonds is 1. The highest BCUT2D eigenvalue weighted by molar-refractivity contribution is 5.40. The van der Waals surface area contributed by atoms with Crippen LogP contribution in [0.4, 0.5) is 5.69 Å². The van der Waals surface area contributed by atoms with Gasteiger partial charge in [-0.05, 0) is 24.1 Å². The molecular weight excluding hydrogens is 150 g/mol. The molecule has 1 aliphatic rings. The second-order valence-electron chi connectivity index (χ2n) is 3.23. The fraction of sp³-hybridized carbons (Fsp3) is 0.400. The molecule has 1 fully saturated rings. The lowest BCUT2D eigenvalue weighted by Gasteiger charge is -2.07. The zero-order valence-electron chi connectivity index (χ0n) is 6.99. The summed E-state index contributed by atoms with van der Waals surface area (Å²) >= 11 is 0. The van der Waals surface area contributed by atoms with E-state index in [9.17, 15) is 0 Å². The Bertz CT molecular complexity index is 249. The minimum absolute atomic E-state index is 0.589. The van der Waals surface area contributed by atoms with E-state index in [0.29, 0.717) is 5.92 Å². The van der Waals surface area contributed by atoms with Crippen LogP contribution in [-0.2, 0) is 4.74 Å². The number of nitrogen functional groups attached to an aromatic ring is 1. The molecule has 2 heteroatoms. The van der Waals surface area contributed by atoms with Crippen molar-refractivity contribution in [2.45, 2.75) is 12.3 Å². The third kappa shape index (κ3) is 1.43. The van der Waals surface area contributed by atoms with Crippen molar-refractivity contribution in [2.24, 2.45) is 0 Å². The molecule has 0 saturated carbocycles. The first kappa shape index (κ1) is 7.62. The first-order valence-corrected chi connectivity index (χ1v) is 4.29. The topological polar surface area (TPSA) is 35.2 Å². The monoisotopic (exact) mass is 163 g/mol. The molecule has 12 heavy (non-hydrogen) atoms. The number of nitrogens with two attached hydrogens (primary N) is 1. The van der Waals surface area contributed by atoms with E-state index in [2.05, 4.69) is 12.1 Å². The quantitative estimate of drug-likeness (QED) is 0.640. The van der Waals surface area contributed by atoms with Crippen molar-refractivity contribution in [1.29, 1.82) is 0 Å². The summed E-state index contributed by atoms with van der Waals surface area (Å²) in [6, 6.07) is 8.09. The zero-order valence-corrected chi connectivity index (χ0v) is 6.99. The van der Waals surface area contributed by atoms with Gasteiger partial charge in [0.05, 0.1) is 6.61 Å². The van der Waals surface area contributed by atoms with Gasteiger partial charge in [0, 0.05) is 18.2 Å². The third-order valence-corrected chi connectivity index (χ3v) is 2.34. The molecule has 1 aliphatic heterocycles. The Morgan fingerprint density at radius 1 is 1.25 bits per heavy atom. The predicted molar refractivity (Wildman–Crippen MR) is 49.0 cm³/mol. The molecule has 0 radical (unpaired) electrons. The molecule has 1 saturated heterocycles. The second-order valence-corrected chi connectivity index (χ2v) is 3.23. The van der Waals surface area contributed by atoms with E-state index in [1.807, 2.05) is 12.1 Å². The van der Waals surface area contributed by atoms with Crippen LogP contribution in [-0.4, -0.2) is 13.2 Å². The van der Waals surface area contributed by atoms with E-state index in [4.69, 9.17) is 10.5 Å². The largest absolute Gasteiger partial charge is 0.399 e. The van der Waals surface area contributed by atoms with Gasteiger partial charge >= 0.3 is 0 Å². The maximum atomic E-state index is 5.59. The van der Waals surface area contributed by atoms with Crippen LogP contribution in [0.1, 0.15) is 17.9 Å². The Balaban J connectivity index is 2.17. The Morgan fingerprint density at radius 2 is 2.00 bits per heavy atom. The van der Waals surface area contributed by atoms with Crippen LogP contribution in [0.15, 0.2) is 24.3 Å². The van der Waals surface area contributed by atoms with Crippen LogP contribution in [0.3, 0.4) is 0 Å². The van der Waals surface area contributed by atoms with Crippen molar-refractivity contribution < 1.29 is 4.74 Å². The van der Waals surface area contributed by atoms with E-state index in [0.717, 1.165) is 25.3 Å². The minimum atomic E-state index is 0.589. The SMILES string of the molecule is Nc1ccc([C@H]2CCOC2)cc1. The third-order valence-electron chi connectivity index (χ3n) is 2.34. The fourth-order valence-electron chi connectivity index (χ4n) is 1.57. The molecule has 2 N–H and O–H groups in total. The maximum absolute atomic E-state index is 5.59. The molecule has 1 aromatic rings. The number of anilines is 1. The summed E-state index contributed by atoms with van der Waals surface area (Å²) in [5, 5.41) is 0. The maximum Gasteiger partial charge on any atom is 0.0535 e. The Hall–Kier alpha value is -1.02. The van der Waals surface area contributed by atoms with Crippen molar-refractivity contribution in [3.63, 3.8) is 0 Å². The molecule has 0 unspecified atom stereocenters. The van der Waals surface area contributed by atoms with E-state index >= 15 is 0 Å². The molecule has 64 valence electrons. The lowest BCUT2D eigenvalue weighted by Crippen LogP contribution is -1.97. The number of benzene rings is 1. The molecule has 2 rings (SSSR count). The number of hydrogen-bond acceptors (Lipinski definition) is 2. The van der Waals surface area contributed by atoms with E-state index in [1.54, 1.807) is 0 Å². The fourth-order valence-corrected chi connectivity index (χ4v) is 1.57. The van der Waals surface area contributed by atoms with Gasteiger partial charge in [0.15, 0.2) is 0 Å². The van der Waals surface area contributed by atoms with Gasteiger partial charge in [0.1, 0.15) is 0 Å². The van der Waals surface area contributed by atoms with Crippen LogP contribution in [0.25, 0.3) is 0 Å². The van der Waals surface area contributed by atoms with Crippen LogP contribution < -0.4 is 5.73 Å². The first-order valence-electron chi connectivity index (χ1n) is 4.29. The summed E-state index contributed by atoms with van der Waals surface area (Å²) < 4.78 is 5.31. The van der Waals surface area contributed by atoms with Crippen LogP contribution >= 0.6 is 0 Å². The van der Waals surface area contributed by atoms with Gasteiger partial charge in [-0.2, -0.15) is 0 Å². The Morgan fingerprint density at radius 3 is 2.58 bits per heavy atom.